The molecule has 1 aromatic carbocycles. The van der Waals surface area contributed by atoms with Crippen molar-refractivity contribution in [3.63, 3.8) is 0 Å². The summed E-state index contributed by atoms with van der Waals surface area (Å²) in [5.74, 6) is 0.409. The minimum absolute atomic E-state index is 0.409. The fraction of sp³-hybridized carbons (Fsp3) is 0.357. The maximum atomic E-state index is 11.2. The predicted octanol–water partition coefficient (Wildman–Crippen LogP) is 4.04. The number of rotatable bonds is 2. The van der Waals surface area contributed by atoms with Crippen molar-refractivity contribution >= 4 is 28.5 Å². The number of benzene rings is 1. The van der Waals surface area contributed by atoms with Crippen LogP contribution < -0.4 is 0 Å². The zero-order valence-corrected chi connectivity index (χ0v) is 10.3. The van der Waals surface area contributed by atoms with Crippen LogP contribution in [-0.4, -0.2) is 11.0 Å². The molecule has 3 rings (SSSR count). The average Bonchev–Trinajstić information content (AvgIpc) is 2.74. The number of hydrogen-bond donors (Lipinski definition) is 0. The summed E-state index contributed by atoms with van der Waals surface area (Å²) < 4.78 is 5.78. The summed E-state index contributed by atoms with van der Waals surface area (Å²) in [7, 11) is 0. The molecule has 0 spiro atoms. The van der Waals surface area contributed by atoms with Gasteiger partial charge in [-0.05, 0) is 25.0 Å². The van der Waals surface area contributed by atoms with E-state index >= 15 is 0 Å². The number of fused-ring (bicyclic) bond motifs is 1. The molecular weight excluding hydrogens is 232 g/mol. The van der Waals surface area contributed by atoms with Crippen LogP contribution in [0, 0.1) is 0 Å². The number of thioether (sulfide) groups is 1. The lowest BCUT2D eigenvalue weighted by molar-refractivity contribution is -0.120. The van der Waals surface area contributed by atoms with E-state index in [-0.39, 0.29) is 0 Å². The van der Waals surface area contributed by atoms with Crippen LogP contribution in [0.15, 0.2) is 39.8 Å². The monoisotopic (exact) mass is 246 g/mol. The van der Waals surface area contributed by atoms with E-state index in [1.807, 2.05) is 18.2 Å². The van der Waals surface area contributed by atoms with Gasteiger partial charge in [0.1, 0.15) is 11.4 Å². The number of carbonyl (C=O) groups excluding carboxylic acids is 1. The van der Waals surface area contributed by atoms with Crippen LogP contribution in [0.2, 0.25) is 0 Å². The van der Waals surface area contributed by atoms with Gasteiger partial charge in [-0.3, -0.25) is 4.79 Å². The Labute approximate surface area is 104 Å². The van der Waals surface area contributed by atoms with Gasteiger partial charge in [0.05, 0.1) is 0 Å². The SMILES string of the molecule is O=C1CCC(Sc2cc3ccccc3o2)CC1. The van der Waals surface area contributed by atoms with Gasteiger partial charge < -0.3 is 4.42 Å². The first-order chi connectivity index (χ1) is 8.31. The highest BCUT2D eigenvalue weighted by Crippen LogP contribution is 2.35. The molecule has 2 nitrogen and oxygen atoms in total. The maximum absolute atomic E-state index is 11.2. The lowest BCUT2D eigenvalue weighted by atomic mass is 9.99. The Kier molecular flexibility index (Phi) is 2.93. The largest absolute Gasteiger partial charge is 0.450 e. The van der Waals surface area contributed by atoms with Gasteiger partial charge in [0, 0.05) is 23.5 Å². The van der Waals surface area contributed by atoms with E-state index in [1.165, 1.54) is 0 Å². The van der Waals surface area contributed by atoms with Crippen LogP contribution in [-0.2, 0) is 4.79 Å². The molecule has 1 aliphatic carbocycles. The second-order valence-corrected chi connectivity index (χ2v) is 5.76. The molecule has 1 aliphatic rings. The highest BCUT2D eigenvalue weighted by Gasteiger charge is 2.20. The van der Waals surface area contributed by atoms with Crippen LogP contribution >= 0.6 is 11.8 Å². The summed E-state index contributed by atoms with van der Waals surface area (Å²) in [4.78, 5) is 11.2. The normalized spacial score (nSPS) is 17.8. The first-order valence-electron chi connectivity index (χ1n) is 5.98. The Morgan fingerprint density at radius 3 is 2.71 bits per heavy atom. The Morgan fingerprint density at radius 1 is 1.18 bits per heavy atom. The van der Waals surface area contributed by atoms with Crippen molar-refractivity contribution in [3.8, 4) is 0 Å². The molecule has 1 heterocycles. The first-order valence-corrected chi connectivity index (χ1v) is 6.86. The fourth-order valence-corrected chi connectivity index (χ4v) is 3.34. The number of ketones is 1. The molecule has 1 saturated carbocycles. The van der Waals surface area contributed by atoms with E-state index in [0.29, 0.717) is 11.0 Å². The summed E-state index contributed by atoms with van der Waals surface area (Å²) in [5, 5.41) is 2.67. The van der Waals surface area contributed by atoms with Gasteiger partial charge >= 0.3 is 0 Å². The van der Waals surface area contributed by atoms with Crippen LogP contribution in [0.5, 0.6) is 0 Å². The molecule has 0 radical (unpaired) electrons. The van der Waals surface area contributed by atoms with Crippen molar-refractivity contribution in [1.82, 2.24) is 0 Å². The third-order valence-corrected chi connectivity index (χ3v) is 4.41. The van der Waals surface area contributed by atoms with Gasteiger partial charge in [-0.15, -0.1) is 0 Å². The van der Waals surface area contributed by atoms with E-state index in [1.54, 1.807) is 11.8 Å². The zero-order valence-electron chi connectivity index (χ0n) is 9.52. The summed E-state index contributed by atoms with van der Waals surface area (Å²) in [6.07, 6.45) is 3.44. The molecule has 1 fully saturated rings. The number of para-hydroxylation sites is 1. The Bertz CT molecular complexity index is 501. The number of Topliss-reactive ketones (excluding diaryl/α,β-unsaturated/α-hetero) is 1. The quantitative estimate of drug-likeness (QED) is 0.801. The topological polar surface area (TPSA) is 30.2 Å². The summed E-state index contributed by atoms with van der Waals surface area (Å²) >= 11 is 1.77. The van der Waals surface area contributed by atoms with E-state index in [9.17, 15) is 4.79 Å². The molecule has 0 unspecified atom stereocenters. The Morgan fingerprint density at radius 2 is 1.94 bits per heavy atom. The van der Waals surface area contributed by atoms with Crippen LogP contribution in [0.3, 0.4) is 0 Å². The minimum Gasteiger partial charge on any atom is -0.450 e. The molecule has 0 saturated heterocycles. The van der Waals surface area contributed by atoms with Crippen molar-refractivity contribution in [2.24, 2.45) is 0 Å². The lowest BCUT2D eigenvalue weighted by Gasteiger charge is -2.18. The smallest absolute Gasteiger partial charge is 0.161 e. The zero-order chi connectivity index (χ0) is 11.7. The summed E-state index contributed by atoms with van der Waals surface area (Å²) in [6, 6.07) is 10.2. The molecule has 1 aromatic heterocycles. The first kappa shape index (κ1) is 10.9. The van der Waals surface area contributed by atoms with Crippen molar-refractivity contribution in [3.05, 3.63) is 30.3 Å². The molecule has 0 N–H and O–H groups in total. The number of hydrogen-bond acceptors (Lipinski definition) is 3. The standard InChI is InChI=1S/C14H14O2S/c15-11-5-7-12(8-6-11)17-14-9-10-3-1-2-4-13(10)16-14/h1-4,9,12H,5-8H2. The van der Waals surface area contributed by atoms with E-state index < -0.39 is 0 Å². The Hall–Kier alpha value is -1.22. The number of carbonyl (C=O) groups is 1. The van der Waals surface area contributed by atoms with E-state index in [4.69, 9.17) is 4.42 Å². The highest BCUT2D eigenvalue weighted by atomic mass is 32.2. The number of furan rings is 1. The van der Waals surface area contributed by atoms with Gasteiger partial charge in [0.2, 0.25) is 0 Å². The minimum atomic E-state index is 0.409. The third kappa shape index (κ3) is 2.39. The maximum Gasteiger partial charge on any atom is 0.161 e. The fourth-order valence-electron chi connectivity index (χ4n) is 2.21. The second kappa shape index (κ2) is 4.57. The molecule has 0 aliphatic heterocycles. The van der Waals surface area contributed by atoms with E-state index in [2.05, 4.69) is 12.1 Å². The molecule has 3 heteroatoms. The average molecular weight is 246 g/mol. The van der Waals surface area contributed by atoms with Crippen molar-refractivity contribution in [2.45, 2.75) is 36.0 Å². The van der Waals surface area contributed by atoms with Crippen LogP contribution in [0.25, 0.3) is 11.0 Å². The van der Waals surface area contributed by atoms with Gasteiger partial charge in [0.15, 0.2) is 5.09 Å². The third-order valence-electron chi connectivity index (χ3n) is 3.18. The second-order valence-electron chi connectivity index (χ2n) is 4.46. The van der Waals surface area contributed by atoms with Gasteiger partial charge in [-0.1, -0.05) is 30.0 Å². The molecule has 88 valence electrons. The molecule has 0 atom stereocenters. The molecule has 0 bridgehead atoms. The Balaban J connectivity index is 1.74. The van der Waals surface area contributed by atoms with Crippen LogP contribution in [0.4, 0.5) is 0 Å². The van der Waals surface area contributed by atoms with Gasteiger partial charge in [-0.25, -0.2) is 0 Å². The van der Waals surface area contributed by atoms with Gasteiger partial charge in [-0.2, -0.15) is 0 Å². The van der Waals surface area contributed by atoms with Crippen LogP contribution in [0.1, 0.15) is 25.7 Å². The molecule has 0 amide bonds. The van der Waals surface area contributed by atoms with Gasteiger partial charge in [0.25, 0.3) is 0 Å². The summed E-state index contributed by atoms with van der Waals surface area (Å²) in [5.41, 5.74) is 0.946. The van der Waals surface area contributed by atoms with Crippen molar-refractivity contribution < 1.29 is 9.21 Å². The van der Waals surface area contributed by atoms with Crippen molar-refractivity contribution in [2.75, 3.05) is 0 Å². The molecule has 2 aromatic rings. The molecule has 17 heavy (non-hydrogen) atoms. The predicted molar refractivity (Wildman–Crippen MR) is 69.3 cm³/mol. The van der Waals surface area contributed by atoms with Crippen molar-refractivity contribution in [1.29, 1.82) is 0 Å². The highest BCUT2D eigenvalue weighted by molar-refractivity contribution is 7.99. The lowest BCUT2D eigenvalue weighted by Crippen LogP contribution is -2.15. The summed E-state index contributed by atoms with van der Waals surface area (Å²) in [6.45, 7) is 0. The molecular formula is C14H14O2S. The van der Waals surface area contributed by atoms with E-state index in [0.717, 1.165) is 41.7 Å².